The summed E-state index contributed by atoms with van der Waals surface area (Å²) in [5.74, 6) is 0.698. The SMILES string of the molecule is CS(=O)(=O)N1C[C@H]2CN(Cc3ccc4cn[nH]c4c3)C[C@H]2[C@@H]1c1ccccc1. The van der Waals surface area contributed by atoms with Gasteiger partial charge in [0.15, 0.2) is 0 Å². The zero-order valence-corrected chi connectivity index (χ0v) is 16.6. The van der Waals surface area contributed by atoms with Crippen molar-refractivity contribution in [2.24, 2.45) is 11.8 Å². The predicted octanol–water partition coefficient (Wildman–Crippen LogP) is 2.63. The van der Waals surface area contributed by atoms with Crippen molar-refractivity contribution in [2.75, 3.05) is 25.9 Å². The predicted molar refractivity (Wildman–Crippen MR) is 109 cm³/mol. The molecular weight excluding hydrogens is 372 g/mol. The Balaban J connectivity index is 1.39. The quantitative estimate of drug-likeness (QED) is 0.736. The Labute approximate surface area is 165 Å². The van der Waals surface area contributed by atoms with E-state index >= 15 is 0 Å². The maximum Gasteiger partial charge on any atom is 0.211 e. The van der Waals surface area contributed by atoms with Crippen molar-refractivity contribution in [3.05, 3.63) is 65.9 Å². The molecule has 0 radical (unpaired) electrons. The zero-order valence-electron chi connectivity index (χ0n) is 15.8. The lowest BCUT2D eigenvalue weighted by atomic mass is 9.90. The first-order chi connectivity index (χ1) is 13.5. The second-order valence-electron chi connectivity index (χ2n) is 8.10. The molecule has 1 N–H and O–H groups in total. The number of aromatic amines is 1. The molecule has 0 bridgehead atoms. The van der Waals surface area contributed by atoms with Crippen molar-refractivity contribution in [3.8, 4) is 0 Å². The van der Waals surface area contributed by atoms with Crippen LogP contribution < -0.4 is 0 Å². The molecule has 2 aliphatic rings. The van der Waals surface area contributed by atoms with Crippen molar-refractivity contribution in [2.45, 2.75) is 12.6 Å². The highest BCUT2D eigenvalue weighted by Crippen LogP contribution is 2.46. The number of sulfonamides is 1. The fraction of sp³-hybridized carbons (Fsp3) is 0.381. The molecule has 3 aromatic rings. The average Bonchev–Trinajstić information content (AvgIpc) is 3.35. The Bertz CT molecular complexity index is 1100. The second kappa shape index (κ2) is 6.69. The van der Waals surface area contributed by atoms with E-state index in [-0.39, 0.29) is 6.04 Å². The van der Waals surface area contributed by atoms with Crippen molar-refractivity contribution in [1.82, 2.24) is 19.4 Å². The van der Waals surface area contributed by atoms with Crippen LogP contribution in [0, 0.1) is 11.8 Å². The summed E-state index contributed by atoms with van der Waals surface area (Å²) >= 11 is 0. The number of hydrogen-bond donors (Lipinski definition) is 1. The van der Waals surface area contributed by atoms with Gasteiger partial charge in [0.1, 0.15) is 0 Å². The normalized spacial score (nSPS) is 26.1. The summed E-state index contributed by atoms with van der Waals surface area (Å²) in [6.07, 6.45) is 3.17. The van der Waals surface area contributed by atoms with Gasteiger partial charge in [-0.05, 0) is 29.0 Å². The molecular formula is C21H24N4O2S. The first-order valence-electron chi connectivity index (χ1n) is 9.65. The lowest BCUT2D eigenvalue weighted by Gasteiger charge is -2.28. The fourth-order valence-electron chi connectivity index (χ4n) is 4.97. The third-order valence-electron chi connectivity index (χ3n) is 6.18. The minimum atomic E-state index is -3.23. The third-order valence-corrected chi connectivity index (χ3v) is 7.41. The van der Waals surface area contributed by atoms with E-state index in [4.69, 9.17) is 0 Å². The van der Waals surface area contributed by atoms with Crippen LogP contribution in [-0.2, 0) is 16.6 Å². The van der Waals surface area contributed by atoms with E-state index in [9.17, 15) is 8.42 Å². The van der Waals surface area contributed by atoms with Crippen LogP contribution >= 0.6 is 0 Å². The highest BCUT2D eigenvalue weighted by atomic mass is 32.2. The van der Waals surface area contributed by atoms with Crippen molar-refractivity contribution < 1.29 is 8.42 Å². The number of hydrogen-bond acceptors (Lipinski definition) is 4. The number of aromatic nitrogens is 2. The van der Waals surface area contributed by atoms with Crippen LogP contribution in [0.2, 0.25) is 0 Å². The largest absolute Gasteiger partial charge is 0.298 e. The number of H-pyrrole nitrogens is 1. The van der Waals surface area contributed by atoms with Crippen LogP contribution in [0.3, 0.4) is 0 Å². The molecule has 0 unspecified atom stereocenters. The molecule has 1 aromatic heterocycles. The number of nitrogens with one attached hydrogen (secondary N) is 1. The van der Waals surface area contributed by atoms with Gasteiger partial charge in [-0.1, -0.05) is 42.5 Å². The van der Waals surface area contributed by atoms with Gasteiger partial charge in [-0.2, -0.15) is 9.40 Å². The van der Waals surface area contributed by atoms with E-state index in [1.54, 1.807) is 4.31 Å². The molecule has 6 nitrogen and oxygen atoms in total. The Morgan fingerprint density at radius 3 is 2.71 bits per heavy atom. The summed E-state index contributed by atoms with van der Waals surface area (Å²) < 4.78 is 26.6. The van der Waals surface area contributed by atoms with Crippen LogP contribution in [-0.4, -0.2) is 53.7 Å². The first kappa shape index (κ1) is 17.8. The van der Waals surface area contributed by atoms with Gasteiger partial charge in [0.25, 0.3) is 0 Å². The van der Waals surface area contributed by atoms with Crippen molar-refractivity contribution in [1.29, 1.82) is 0 Å². The van der Waals surface area contributed by atoms with Crippen molar-refractivity contribution in [3.63, 3.8) is 0 Å². The number of fused-ring (bicyclic) bond motifs is 2. The van der Waals surface area contributed by atoms with Crippen LogP contribution in [0.4, 0.5) is 0 Å². The summed E-state index contributed by atoms with van der Waals surface area (Å²) in [6.45, 7) is 3.33. The molecule has 0 spiro atoms. The smallest absolute Gasteiger partial charge is 0.211 e. The van der Waals surface area contributed by atoms with E-state index in [1.165, 1.54) is 11.8 Å². The second-order valence-corrected chi connectivity index (χ2v) is 10.0. The molecule has 7 heteroatoms. The van der Waals surface area contributed by atoms with E-state index < -0.39 is 10.0 Å². The van der Waals surface area contributed by atoms with Crippen LogP contribution in [0.5, 0.6) is 0 Å². The minimum absolute atomic E-state index is 0.0683. The molecule has 2 fully saturated rings. The molecule has 5 rings (SSSR count). The maximum absolute atomic E-state index is 12.4. The summed E-state index contributed by atoms with van der Waals surface area (Å²) in [7, 11) is -3.23. The Morgan fingerprint density at radius 2 is 1.93 bits per heavy atom. The number of likely N-dealkylation sites (tertiary alicyclic amines) is 1. The zero-order chi connectivity index (χ0) is 19.3. The average molecular weight is 397 g/mol. The molecule has 0 saturated carbocycles. The molecule has 3 heterocycles. The summed E-state index contributed by atoms with van der Waals surface area (Å²) in [6, 6.07) is 16.4. The van der Waals surface area contributed by atoms with E-state index in [0.717, 1.165) is 36.1 Å². The molecule has 2 aliphatic heterocycles. The third kappa shape index (κ3) is 3.13. The summed E-state index contributed by atoms with van der Waals surface area (Å²) in [4.78, 5) is 2.46. The monoisotopic (exact) mass is 396 g/mol. The van der Waals surface area contributed by atoms with Gasteiger partial charge in [0.2, 0.25) is 10.0 Å². The van der Waals surface area contributed by atoms with Crippen LogP contribution in [0.15, 0.2) is 54.7 Å². The van der Waals surface area contributed by atoms with E-state index in [1.807, 2.05) is 24.4 Å². The standard InChI is InChI=1S/C21H24N4O2S/c1-28(26,27)25-13-18-12-24(11-15-7-8-17-10-22-23-20(17)9-15)14-19(18)21(25)16-5-3-2-4-6-16/h2-10,18-19,21H,11-14H2,1H3,(H,22,23)/t18-,19-,21+/m1/s1. The van der Waals surface area contributed by atoms with Gasteiger partial charge >= 0.3 is 0 Å². The Morgan fingerprint density at radius 1 is 1.11 bits per heavy atom. The molecule has 0 aliphatic carbocycles. The van der Waals surface area contributed by atoms with Crippen molar-refractivity contribution >= 4 is 20.9 Å². The van der Waals surface area contributed by atoms with Crippen LogP contribution in [0.25, 0.3) is 10.9 Å². The Hall–Kier alpha value is -2.22. The summed E-state index contributed by atoms with van der Waals surface area (Å²) in [5.41, 5.74) is 3.41. The number of nitrogens with zero attached hydrogens (tertiary/aromatic N) is 3. The molecule has 2 aromatic carbocycles. The topological polar surface area (TPSA) is 69.3 Å². The highest BCUT2D eigenvalue weighted by molar-refractivity contribution is 7.88. The number of benzene rings is 2. The molecule has 146 valence electrons. The minimum Gasteiger partial charge on any atom is -0.298 e. The molecule has 2 saturated heterocycles. The fourth-order valence-corrected chi connectivity index (χ4v) is 6.13. The maximum atomic E-state index is 12.4. The lowest BCUT2D eigenvalue weighted by Crippen LogP contribution is -2.34. The lowest BCUT2D eigenvalue weighted by molar-refractivity contribution is 0.261. The Kier molecular flexibility index (Phi) is 4.26. The van der Waals surface area contributed by atoms with Gasteiger partial charge in [-0.25, -0.2) is 8.42 Å². The first-order valence-corrected chi connectivity index (χ1v) is 11.5. The highest BCUT2D eigenvalue weighted by Gasteiger charge is 2.50. The van der Waals surface area contributed by atoms with Gasteiger partial charge < -0.3 is 0 Å². The number of rotatable bonds is 4. The molecule has 28 heavy (non-hydrogen) atoms. The van der Waals surface area contributed by atoms with Gasteiger partial charge in [-0.3, -0.25) is 10.00 Å². The van der Waals surface area contributed by atoms with Gasteiger partial charge in [0.05, 0.1) is 24.0 Å². The van der Waals surface area contributed by atoms with Crippen LogP contribution in [0.1, 0.15) is 17.2 Å². The van der Waals surface area contributed by atoms with Gasteiger partial charge in [0, 0.05) is 31.6 Å². The van der Waals surface area contributed by atoms with E-state index in [0.29, 0.717) is 18.4 Å². The molecule has 0 amide bonds. The van der Waals surface area contributed by atoms with E-state index in [2.05, 4.69) is 45.4 Å². The van der Waals surface area contributed by atoms with Gasteiger partial charge in [-0.15, -0.1) is 0 Å². The molecule has 3 atom stereocenters. The summed E-state index contributed by atoms with van der Waals surface area (Å²) in [5, 5.41) is 8.25.